The van der Waals surface area contributed by atoms with Gasteiger partial charge < -0.3 is 10.2 Å². The maximum absolute atomic E-state index is 12.7. The first-order chi connectivity index (χ1) is 9.63. The van der Waals surface area contributed by atoms with Crippen LogP contribution in [-0.4, -0.2) is 24.5 Å². The van der Waals surface area contributed by atoms with E-state index in [2.05, 4.69) is 10.3 Å². The SMILES string of the molecule is CCNc1ccc(C)cc1C(=O)N(C)c1ccncc1. The number of nitrogens with one attached hydrogen (secondary N) is 1. The number of amides is 1. The third-order valence-electron chi connectivity index (χ3n) is 3.13. The van der Waals surface area contributed by atoms with E-state index in [-0.39, 0.29) is 5.91 Å². The fourth-order valence-electron chi connectivity index (χ4n) is 2.05. The van der Waals surface area contributed by atoms with Gasteiger partial charge in [-0.2, -0.15) is 0 Å². The summed E-state index contributed by atoms with van der Waals surface area (Å²) < 4.78 is 0. The molecule has 0 atom stereocenters. The lowest BCUT2D eigenvalue weighted by Crippen LogP contribution is -2.27. The van der Waals surface area contributed by atoms with Gasteiger partial charge in [-0.15, -0.1) is 0 Å². The highest BCUT2D eigenvalue weighted by atomic mass is 16.2. The number of nitrogens with zero attached hydrogens (tertiary/aromatic N) is 2. The predicted octanol–water partition coefficient (Wildman–Crippen LogP) is 3.10. The van der Waals surface area contributed by atoms with Crippen molar-refractivity contribution in [2.75, 3.05) is 23.8 Å². The first-order valence-electron chi connectivity index (χ1n) is 6.66. The molecule has 0 aliphatic heterocycles. The van der Waals surface area contributed by atoms with Crippen LogP contribution in [0.2, 0.25) is 0 Å². The summed E-state index contributed by atoms with van der Waals surface area (Å²) in [5.41, 5.74) is 3.45. The van der Waals surface area contributed by atoms with Crippen molar-refractivity contribution in [1.82, 2.24) is 4.98 Å². The van der Waals surface area contributed by atoms with Crippen LogP contribution in [0.4, 0.5) is 11.4 Å². The molecule has 1 aromatic carbocycles. The fourth-order valence-corrected chi connectivity index (χ4v) is 2.05. The summed E-state index contributed by atoms with van der Waals surface area (Å²) in [5.74, 6) is -0.0316. The lowest BCUT2D eigenvalue weighted by Gasteiger charge is -2.19. The van der Waals surface area contributed by atoms with E-state index in [1.807, 2.05) is 44.2 Å². The molecule has 0 saturated carbocycles. The number of hydrogen-bond acceptors (Lipinski definition) is 3. The zero-order valence-electron chi connectivity index (χ0n) is 12.1. The second-order valence-electron chi connectivity index (χ2n) is 4.65. The van der Waals surface area contributed by atoms with E-state index >= 15 is 0 Å². The Labute approximate surface area is 119 Å². The molecule has 0 saturated heterocycles. The summed E-state index contributed by atoms with van der Waals surface area (Å²) in [6.45, 7) is 4.78. The van der Waals surface area contributed by atoms with Crippen LogP contribution >= 0.6 is 0 Å². The molecule has 0 radical (unpaired) electrons. The van der Waals surface area contributed by atoms with Crippen LogP contribution in [0.1, 0.15) is 22.8 Å². The molecule has 1 heterocycles. The van der Waals surface area contributed by atoms with Crippen LogP contribution in [0, 0.1) is 6.92 Å². The Kier molecular flexibility index (Phi) is 4.35. The van der Waals surface area contributed by atoms with Crippen molar-refractivity contribution in [1.29, 1.82) is 0 Å². The normalized spacial score (nSPS) is 10.2. The quantitative estimate of drug-likeness (QED) is 0.927. The van der Waals surface area contributed by atoms with E-state index in [0.29, 0.717) is 5.56 Å². The number of aryl methyl sites for hydroxylation is 1. The van der Waals surface area contributed by atoms with Crippen molar-refractivity contribution in [3.05, 3.63) is 53.9 Å². The minimum atomic E-state index is -0.0316. The van der Waals surface area contributed by atoms with Crippen molar-refractivity contribution >= 4 is 17.3 Å². The molecule has 0 unspecified atom stereocenters. The minimum Gasteiger partial charge on any atom is -0.385 e. The number of pyridine rings is 1. The van der Waals surface area contributed by atoms with Gasteiger partial charge in [-0.1, -0.05) is 11.6 Å². The summed E-state index contributed by atoms with van der Waals surface area (Å²) in [6, 6.07) is 9.51. The Morgan fingerprint density at radius 3 is 2.60 bits per heavy atom. The Balaban J connectivity index is 2.35. The minimum absolute atomic E-state index is 0.0316. The zero-order chi connectivity index (χ0) is 14.5. The highest BCUT2D eigenvalue weighted by Gasteiger charge is 2.17. The van der Waals surface area contributed by atoms with E-state index in [9.17, 15) is 4.79 Å². The van der Waals surface area contributed by atoms with Gasteiger partial charge in [0.25, 0.3) is 5.91 Å². The summed E-state index contributed by atoms with van der Waals surface area (Å²) in [4.78, 5) is 18.3. The molecule has 0 bridgehead atoms. The molecule has 4 nitrogen and oxygen atoms in total. The van der Waals surface area contributed by atoms with Gasteiger partial charge in [-0.05, 0) is 38.1 Å². The van der Waals surface area contributed by atoms with Crippen molar-refractivity contribution in [2.45, 2.75) is 13.8 Å². The van der Waals surface area contributed by atoms with E-state index in [4.69, 9.17) is 0 Å². The predicted molar refractivity (Wildman–Crippen MR) is 82.3 cm³/mol. The van der Waals surface area contributed by atoms with Crippen molar-refractivity contribution in [3.63, 3.8) is 0 Å². The topological polar surface area (TPSA) is 45.2 Å². The number of anilines is 2. The van der Waals surface area contributed by atoms with Crippen molar-refractivity contribution < 1.29 is 4.79 Å². The average Bonchev–Trinajstić information content (AvgIpc) is 2.48. The average molecular weight is 269 g/mol. The van der Waals surface area contributed by atoms with Crippen LogP contribution in [-0.2, 0) is 0 Å². The van der Waals surface area contributed by atoms with Gasteiger partial charge >= 0.3 is 0 Å². The van der Waals surface area contributed by atoms with Gasteiger partial charge in [0.2, 0.25) is 0 Å². The number of benzene rings is 1. The first kappa shape index (κ1) is 14.1. The Hall–Kier alpha value is -2.36. The van der Waals surface area contributed by atoms with E-state index in [1.54, 1.807) is 24.3 Å². The molecule has 0 aliphatic carbocycles. The Bertz CT molecular complexity index is 596. The van der Waals surface area contributed by atoms with Gasteiger partial charge in [0, 0.05) is 37.4 Å². The van der Waals surface area contributed by atoms with Gasteiger partial charge in [0.1, 0.15) is 0 Å². The molecule has 2 rings (SSSR count). The molecule has 104 valence electrons. The molecule has 2 aromatic rings. The second-order valence-corrected chi connectivity index (χ2v) is 4.65. The lowest BCUT2D eigenvalue weighted by atomic mass is 10.1. The molecule has 1 amide bonds. The van der Waals surface area contributed by atoms with E-state index in [0.717, 1.165) is 23.5 Å². The molecular weight excluding hydrogens is 250 g/mol. The number of hydrogen-bond donors (Lipinski definition) is 1. The summed E-state index contributed by atoms with van der Waals surface area (Å²) in [6.07, 6.45) is 3.36. The molecule has 0 spiro atoms. The molecule has 1 N–H and O–H groups in total. The first-order valence-corrected chi connectivity index (χ1v) is 6.66. The Morgan fingerprint density at radius 1 is 1.25 bits per heavy atom. The van der Waals surface area contributed by atoms with Crippen LogP contribution < -0.4 is 10.2 Å². The summed E-state index contributed by atoms with van der Waals surface area (Å²) in [5, 5.41) is 3.23. The van der Waals surface area contributed by atoms with Crippen molar-refractivity contribution in [2.24, 2.45) is 0 Å². The fraction of sp³-hybridized carbons (Fsp3) is 0.250. The molecule has 0 aliphatic rings. The van der Waals surface area contributed by atoms with Crippen LogP contribution in [0.25, 0.3) is 0 Å². The smallest absolute Gasteiger partial charge is 0.260 e. The standard InChI is InChI=1S/C16H19N3O/c1-4-18-15-6-5-12(2)11-14(15)16(20)19(3)13-7-9-17-10-8-13/h5-11,18H,4H2,1-3H3. The number of carbonyl (C=O) groups is 1. The summed E-state index contributed by atoms with van der Waals surface area (Å²) >= 11 is 0. The van der Waals surface area contributed by atoms with Crippen molar-refractivity contribution in [3.8, 4) is 0 Å². The maximum Gasteiger partial charge on any atom is 0.260 e. The molecule has 4 heteroatoms. The van der Waals surface area contributed by atoms with Crippen LogP contribution in [0.15, 0.2) is 42.7 Å². The lowest BCUT2D eigenvalue weighted by molar-refractivity contribution is 0.0993. The highest BCUT2D eigenvalue weighted by Crippen LogP contribution is 2.21. The van der Waals surface area contributed by atoms with E-state index < -0.39 is 0 Å². The van der Waals surface area contributed by atoms with Gasteiger partial charge in [0.05, 0.1) is 5.56 Å². The second kappa shape index (κ2) is 6.19. The largest absolute Gasteiger partial charge is 0.385 e. The third kappa shape index (κ3) is 2.96. The van der Waals surface area contributed by atoms with E-state index in [1.165, 1.54) is 0 Å². The monoisotopic (exact) mass is 269 g/mol. The van der Waals surface area contributed by atoms with Gasteiger partial charge in [-0.3, -0.25) is 9.78 Å². The molecule has 0 fully saturated rings. The van der Waals surface area contributed by atoms with Gasteiger partial charge in [0.15, 0.2) is 0 Å². The van der Waals surface area contributed by atoms with Crippen LogP contribution in [0.5, 0.6) is 0 Å². The molecule has 1 aromatic heterocycles. The third-order valence-corrected chi connectivity index (χ3v) is 3.13. The Morgan fingerprint density at radius 2 is 1.95 bits per heavy atom. The highest BCUT2D eigenvalue weighted by molar-refractivity contribution is 6.09. The number of rotatable bonds is 4. The maximum atomic E-state index is 12.7. The van der Waals surface area contributed by atoms with Gasteiger partial charge in [-0.25, -0.2) is 0 Å². The number of aromatic nitrogens is 1. The van der Waals surface area contributed by atoms with Crippen LogP contribution in [0.3, 0.4) is 0 Å². The molecular formula is C16H19N3O. The summed E-state index contributed by atoms with van der Waals surface area (Å²) in [7, 11) is 1.77. The number of carbonyl (C=O) groups excluding carboxylic acids is 1. The molecule has 20 heavy (non-hydrogen) atoms. The zero-order valence-corrected chi connectivity index (χ0v) is 12.1.